The number of halogens is 2. The average molecular weight is 331 g/mol. The highest BCUT2D eigenvalue weighted by Crippen LogP contribution is 2.27. The molecule has 0 atom stereocenters. The number of nitrogens with one attached hydrogen (secondary N) is 1. The van der Waals surface area contributed by atoms with Crippen molar-refractivity contribution in [1.82, 2.24) is 4.98 Å². The molecule has 0 aliphatic rings. The van der Waals surface area contributed by atoms with E-state index in [1.807, 2.05) is 13.8 Å². The van der Waals surface area contributed by atoms with Crippen LogP contribution in [0.3, 0.4) is 0 Å². The van der Waals surface area contributed by atoms with Gasteiger partial charge in [0.25, 0.3) is 5.91 Å². The van der Waals surface area contributed by atoms with Crippen LogP contribution in [0.1, 0.15) is 10.6 Å². The maximum Gasteiger partial charge on any atom is 0.264 e. The number of benzene rings is 1. The molecule has 0 fully saturated rings. The number of ether oxygens (including phenoxy) is 1. The van der Waals surface area contributed by atoms with E-state index in [9.17, 15) is 4.79 Å². The summed E-state index contributed by atoms with van der Waals surface area (Å²) in [6.45, 7) is 3.69. The zero-order chi connectivity index (χ0) is 14.7. The number of amides is 1. The lowest BCUT2D eigenvalue weighted by Crippen LogP contribution is -2.20. The molecule has 20 heavy (non-hydrogen) atoms. The largest absolute Gasteiger partial charge is 0.482 e. The number of thiazole rings is 1. The van der Waals surface area contributed by atoms with Gasteiger partial charge in [0.15, 0.2) is 11.7 Å². The van der Waals surface area contributed by atoms with Gasteiger partial charge >= 0.3 is 0 Å². The molecule has 0 saturated heterocycles. The molecule has 4 nitrogen and oxygen atoms in total. The quantitative estimate of drug-likeness (QED) is 0.918. The molecule has 0 bridgehead atoms. The van der Waals surface area contributed by atoms with Gasteiger partial charge in [-0.05, 0) is 26.0 Å². The summed E-state index contributed by atoms with van der Waals surface area (Å²) >= 11 is 13.2. The summed E-state index contributed by atoms with van der Waals surface area (Å²) in [5, 5.41) is 4.14. The number of carbonyl (C=O) groups excluding carboxylic acids is 1. The summed E-state index contributed by atoms with van der Waals surface area (Å²) in [7, 11) is 0. The third-order valence-corrected chi connectivity index (χ3v) is 4.06. The summed E-state index contributed by atoms with van der Waals surface area (Å²) in [5.74, 6) is 0.0793. The Kier molecular flexibility index (Phi) is 4.86. The lowest BCUT2D eigenvalue weighted by atomic mass is 10.3. The molecular weight excluding hydrogens is 319 g/mol. The first-order valence-electron chi connectivity index (χ1n) is 5.77. The molecule has 1 aromatic carbocycles. The van der Waals surface area contributed by atoms with Gasteiger partial charge < -0.3 is 4.74 Å². The van der Waals surface area contributed by atoms with E-state index < -0.39 is 0 Å². The molecule has 1 amide bonds. The van der Waals surface area contributed by atoms with Gasteiger partial charge in [-0.2, -0.15) is 0 Å². The minimum absolute atomic E-state index is 0.155. The Morgan fingerprint density at radius 2 is 2.15 bits per heavy atom. The van der Waals surface area contributed by atoms with Crippen LogP contribution < -0.4 is 10.1 Å². The Morgan fingerprint density at radius 3 is 2.80 bits per heavy atom. The van der Waals surface area contributed by atoms with Gasteiger partial charge in [-0.25, -0.2) is 4.98 Å². The van der Waals surface area contributed by atoms with Crippen LogP contribution in [0.15, 0.2) is 18.2 Å². The summed E-state index contributed by atoms with van der Waals surface area (Å²) in [4.78, 5) is 17.0. The third kappa shape index (κ3) is 3.85. The van der Waals surface area contributed by atoms with Crippen LogP contribution in [-0.4, -0.2) is 17.5 Å². The maximum absolute atomic E-state index is 11.8. The number of anilines is 1. The molecule has 106 valence electrons. The Balaban J connectivity index is 1.93. The van der Waals surface area contributed by atoms with Crippen LogP contribution in [0.5, 0.6) is 5.75 Å². The molecular formula is C13H12Cl2N2O2S. The molecule has 0 saturated carbocycles. The standard InChI is InChI=1S/C13H12Cl2N2O2S/c1-7-8(2)20-13(16-7)17-12(18)6-19-11-5-9(14)3-4-10(11)15/h3-5H,6H2,1-2H3,(H,16,17,18). The number of hydrogen-bond acceptors (Lipinski definition) is 4. The highest BCUT2D eigenvalue weighted by atomic mass is 35.5. The van der Waals surface area contributed by atoms with Crippen molar-refractivity contribution in [3.8, 4) is 5.75 Å². The van der Waals surface area contributed by atoms with E-state index in [2.05, 4.69) is 10.3 Å². The van der Waals surface area contributed by atoms with Gasteiger partial charge in [0, 0.05) is 16.0 Å². The topological polar surface area (TPSA) is 51.2 Å². The zero-order valence-corrected chi connectivity index (χ0v) is 13.2. The fraction of sp³-hybridized carbons (Fsp3) is 0.231. The Labute approximate surface area is 130 Å². The van der Waals surface area contributed by atoms with E-state index in [1.165, 1.54) is 11.3 Å². The van der Waals surface area contributed by atoms with Crippen LogP contribution in [-0.2, 0) is 4.79 Å². The maximum atomic E-state index is 11.8. The van der Waals surface area contributed by atoms with Crippen molar-refractivity contribution in [3.63, 3.8) is 0 Å². The first kappa shape index (κ1) is 15.1. The van der Waals surface area contributed by atoms with Crippen molar-refractivity contribution < 1.29 is 9.53 Å². The molecule has 0 aliphatic heterocycles. The number of nitrogens with zero attached hydrogens (tertiary/aromatic N) is 1. The first-order valence-corrected chi connectivity index (χ1v) is 7.34. The minimum Gasteiger partial charge on any atom is -0.482 e. The van der Waals surface area contributed by atoms with Gasteiger partial charge in [-0.15, -0.1) is 11.3 Å². The molecule has 1 N–H and O–H groups in total. The predicted octanol–water partition coefficient (Wildman–Crippen LogP) is 4.08. The van der Waals surface area contributed by atoms with Crippen molar-refractivity contribution in [2.24, 2.45) is 0 Å². The molecule has 1 heterocycles. The zero-order valence-electron chi connectivity index (χ0n) is 10.9. The first-order chi connectivity index (χ1) is 9.45. The van der Waals surface area contributed by atoms with Crippen molar-refractivity contribution >= 4 is 45.6 Å². The second-order valence-corrected chi connectivity index (χ2v) is 6.12. The molecule has 0 spiro atoms. The van der Waals surface area contributed by atoms with E-state index in [0.717, 1.165) is 10.6 Å². The van der Waals surface area contributed by atoms with Crippen LogP contribution in [0.2, 0.25) is 10.0 Å². The van der Waals surface area contributed by atoms with E-state index in [-0.39, 0.29) is 12.5 Å². The minimum atomic E-state index is -0.296. The van der Waals surface area contributed by atoms with Gasteiger partial charge in [0.2, 0.25) is 0 Å². The van der Waals surface area contributed by atoms with Gasteiger partial charge in [0.1, 0.15) is 5.75 Å². The third-order valence-electron chi connectivity index (χ3n) is 2.53. The van der Waals surface area contributed by atoms with Crippen LogP contribution in [0.4, 0.5) is 5.13 Å². The Bertz CT molecular complexity index is 624. The second kappa shape index (κ2) is 6.43. The van der Waals surface area contributed by atoms with Crippen LogP contribution in [0, 0.1) is 13.8 Å². The van der Waals surface area contributed by atoms with Gasteiger partial charge in [-0.1, -0.05) is 23.2 Å². The summed E-state index contributed by atoms with van der Waals surface area (Å²) in [6, 6.07) is 4.83. The van der Waals surface area contributed by atoms with Crippen LogP contribution >= 0.6 is 34.5 Å². The van der Waals surface area contributed by atoms with E-state index >= 15 is 0 Å². The van der Waals surface area contributed by atoms with E-state index in [1.54, 1.807) is 18.2 Å². The highest BCUT2D eigenvalue weighted by Gasteiger charge is 2.10. The Morgan fingerprint density at radius 1 is 1.40 bits per heavy atom. The lowest BCUT2D eigenvalue weighted by molar-refractivity contribution is -0.118. The molecule has 0 unspecified atom stereocenters. The number of carbonyl (C=O) groups is 1. The fourth-order valence-electron chi connectivity index (χ4n) is 1.41. The number of hydrogen-bond donors (Lipinski definition) is 1. The van der Waals surface area contributed by atoms with Crippen LogP contribution in [0.25, 0.3) is 0 Å². The number of aromatic nitrogens is 1. The van der Waals surface area contributed by atoms with Crippen molar-refractivity contribution in [2.75, 3.05) is 11.9 Å². The van der Waals surface area contributed by atoms with Crippen molar-refractivity contribution in [2.45, 2.75) is 13.8 Å². The normalized spacial score (nSPS) is 10.4. The number of aryl methyl sites for hydroxylation is 2. The molecule has 0 radical (unpaired) electrons. The average Bonchev–Trinajstić information content (AvgIpc) is 2.69. The molecule has 1 aromatic heterocycles. The van der Waals surface area contributed by atoms with Crippen molar-refractivity contribution in [1.29, 1.82) is 0 Å². The van der Waals surface area contributed by atoms with E-state index in [0.29, 0.717) is 20.9 Å². The van der Waals surface area contributed by atoms with Gasteiger partial charge in [0.05, 0.1) is 10.7 Å². The second-order valence-electron chi connectivity index (χ2n) is 4.07. The highest BCUT2D eigenvalue weighted by molar-refractivity contribution is 7.15. The van der Waals surface area contributed by atoms with Gasteiger partial charge in [-0.3, -0.25) is 10.1 Å². The molecule has 7 heteroatoms. The monoisotopic (exact) mass is 330 g/mol. The lowest BCUT2D eigenvalue weighted by Gasteiger charge is -2.07. The molecule has 2 rings (SSSR count). The molecule has 2 aromatic rings. The van der Waals surface area contributed by atoms with Crippen molar-refractivity contribution in [3.05, 3.63) is 38.8 Å². The summed E-state index contributed by atoms with van der Waals surface area (Å²) in [6.07, 6.45) is 0. The summed E-state index contributed by atoms with van der Waals surface area (Å²) < 4.78 is 5.34. The summed E-state index contributed by atoms with van der Waals surface area (Å²) in [5.41, 5.74) is 0.907. The Hall–Kier alpha value is -1.30. The van der Waals surface area contributed by atoms with E-state index in [4.69, 9.17) is 27.9 Å². The number of rotatable bonds is 4. The molecule has 0 aliphatic carbocycles. The fourth-order valence-corrected chi connectivity index (χ4v) is 2.58. The smallest absolute Gasteiger partial charge is 0.264 e. The predicted molar refractivity (Wildman–Crippen MR) is 82.2 cm³/mol. The SMILES string of the molecule is Cc1nc(NC(=O)COc2cc(Cl)ccc2Cl)sc1C.